The molecule has 42 heavy (non-hydrogen) atoms. The van der Waals surface area contributed by atoms with Crippen LogP contribution in [-0.4, -0.2) is 85.2 Å². The fraction of sp³-hybridized carbons (Fsp3) is 0.393. The van der Waals surface area contributed by atoms with Crippen LogP contribution in [0.1, 0.15) is 38.1 Å². The zero-order chi connectivity index (χ0) is 31.4. The highest BCUT2D eigenvalue weighted by molar-refractivity contribution is 5.96. The zero-order valence-corrected chi connectivity index (χ0v) is 23.9. The lowest BCUT2D eigenvalue weighted by Crippen LogP contribution is -2.45. The number of benzene rings is 1. The summed E-state index contributed by atoms with van der Waals surface area (Å²) in [5, 5.41) is 22.0. The summed E-state index contributed by atoms with van der Waals surface area (Å²) in [5.41, 5.74) is -3.37. The van der Waals surface area contributed by atoms with Gasteiger partial charge >= 0.3 is 12.0 Å². The summed E-state index contributed by atoms with van der Waals surface area (Å²) in [5.74, 6) is -4.45. The number of halogens is 2. The number of amides is 3. The summed E-state index contributed by atoms with van der Waals surface area (Å²) in [6.45, 7) is 1.84. The van der Waals surface area contributed by atoms with Gasteiger partial charge in [-0.1, -0.05) is 18.2 Å². The highest BCUT2D eigenvalue weighted by Crippen LogP contribution is 2.41. The fourth-order valence-corrected chi connectivity index (χ4v) is 4.10. The minimum Gasteiger partial charge on any atom is -0.465 e. The van der Waals surface area contributed by atoms with E-state index in [1.165, 1.54) is 59.1 Å². The Morgan fingerprint density at radius 2 is 1.86 bits per heavy atom. The maximum atomic E-state index is 14.9. The van der Waals surface area contributed by atoms with Gasteiger partial charge in [0, 0.05) is 27.3 Å². The standard InChI is InChI=1S/C28H34F2N6O6/c1-27(2,42)28(29,30)17-10-8-11-18-23(17)33-21(31-18)16-36-15-9-12-19(25(36)39)32-24(38)20(35(5)26(40)41)13-6-7-14-22(37)34(3)4/h7-12,14-15,20,42H,6,13,16H2,1-5H3,(H,31,33)(H,32,38)(H,40,41). The molecule has 0 spiro atoms. The van der Waals surface area contributed by atoms with Gasteiger partial charge in [0.2, 0.25) is 11.8 Å². The minimum absolute atomic E-state index is 0.0451. The third-order valence-electron chi connectivity index (χ3n) is 6.65. The number of rotatable bonds is 11. The highest BCUT2D eigenvalue weighted by atomic mass is 19.3. The molecular formula is C28H34F2N6O6. The molecule has 3 rings (SSSR count). The molecule has 4 N–H and O–H groups in total. The molecule has 0 aliphatic heterocycles. The van der Waals surface area contributed by atoms with Crippen molar-refractivity contribution >= 4 is 34.6 Å². The number of aliphatic hydroxyl groups is 1. The number of aromatic amines is 1. The zero-order valence-electron chi connectivity index (χ0n) is 23.9. The Hall–Kier alpha value is -4.59. The molecule has 226 valence electrons. The molecular weight excluding hydrogens is 554 g/mol. The topological polar surface area (TPSA) is 161 Å². The number of para-hydroxylation sites is 1. The van der Waals surface area contributed by atoms with Crippen LogP contribution in [0, 0.1) is 0 Å². The number of alkyl halides is 2. The summed E-state index contributed by atoms with van der Waals surface area (Å²) < 4.78 is 31.1. The predicted molar refractivity (Wildman–Crippen MR) is 151 cm³/mol. The van der Waals surface area contributed by atoms with Gasteiger partial charge in [0.15, 0.2) is 0 Å². The minimum atomic E-state index is -3.61. The number of carbonyl (C=O) groups is 3. The van der Waals surface area contributed by atoms with Crippen LogP contribution in [0.4, 0.5) is 19.3 Å². The van der Waals surface area contributed by atoms with Gasteiger partial charge in [-0.2, -0.15) is 8.78 Å². The lowest BCUT2D eigenvalue weighted by Gasteiger charge is -2.29. The van der Waals surface area contributed by atoms with Crippen molar-refractivity contribution < 1.29 is 33.4 Å². The molecule has 0 saturated carbocycles. The molecule has 3 aromatic rings. The molecule has 0 fully saturated rings. The molecule has 1 unspecified atom stereocenters. The first kappa shape index (κ1) is 31.9. The van der Waals surface area contributed by atoms with Crippen LogP contribution in [0.15, 0.2) is 53.5 Å². The van der Waals surface area contributed by atoms with E-state index >= 15 is 0 Å². The van der Waals surface area contributed by atoms with E-state index in [2.05, 4.69) is 15.3 Å². The SMILES string of the molecule is CN(C)C(=O)C=CCCC(C(=O)Nc1cccn(Cc2nc3c(C(F)(F)C(C)(C)O)cccc3[nH]2)c1=O)N(C)C(=O)O. The molecule has 0 radical (unpaired) electrons. The van der Waals surface area contributed by atoms with Gasteiger partial charge in [-0.15, -0.1) is 0 Å². The monoisotopic (exact) mass is 588 g/mol. The Bertz CT molecular complexity index is 1560. The molecule has 0 aliphatic carbocycles. The maximum absolute atomic E-state index is 14.9. The van der Waals surface area contributed by atoms with Crippen LogP contribution in [0.2, 0.25) is 0 Å². The number of hydrogen-bond donors (Lipinski definition) is 4. The van der Waals surface area contributed by atoms with Crippen LogP contribution in [0.25, 0.3) is 11.0 Å². The first-order chi connectivity index (χ1) is 19.5. The molecule has 0 bridgehead atoms. The van der Waals surface area contributed by atoms with Crippen molar-refractivity contribution in [3.05, 3.63) is 70.4 Å². The lowest BCUT2D eigenvalue weighted by molar-refractivity contribution is -0.167. The molecule has 1 atom stereocenters. The highest BCUT2D eigenvalue weighted by Gasteiger charge is 2.48. The van der Waals surface area contributed by atoms with Crippen molar-refractivity contribution in [2.75, 3.05) is 26.5 Å². The Kier molecular flexibility index (Phi) is 9.51. The summed E-state index contributed by atoms with van der Waals surface area (Å²) >= 11 is 0. The molecule has 14 heteroatoms. The summed E-state index contributed by atoms with van der Waals surface area (Å²) in [6, 6.07) is 5.79. The largest absolute Gasteiger partial charge is 0.465 e. The number of hydrogen-bond acceptors (Lipinski definition) is 6. The number of allylic oxidation sites excluding steroid dienone is 1. The van der Waals surface area contributed by atoms with Gasteiger partial charge in [-0.05, 0) is 51.0 Å². The van der Waals surface area contributed by atoms with Crippen LogP contribution in [0.3, 0.4) is 0 Å². The smallest absolute Gasteiger partial charge is 0.407 e. The Morgan fingerprint density at radius 1 is 1.17 bits per heavy atom. The Balaban J connectivity index is 1.84. The van der Waals surface area contributed by atoms with E-state index in [1.807, 2.05) is 0 Å². The normalized spacial score (nSPS) is 12.9. The first-order valence-electron chi connectivity index (χ1n) is 13.0. The average Bonchev–Trinajstić information content (AvgIpc) is 3.32. The van der Waals surface area contributed by atoms with Crippen LogP contribution in [0.5, 0.6) is 0 Å². The number of pyridine rings is 1. The third kappa shape index (κ3) is 7.00. The fourth-order valence-electron chi connectivity index (χ4n) is 4.10. The van der Waals surface area contributed by atoms with E-state index < -0.39 is 40.7 Å². The number of anilines is 1. The number of aromatic nitrogens is 3. The third-order valence-corrected chi connectivity index (χ3v) is 6.65. The average molecular weight is 589 g/mol. The second-order valence-electron chi connectivity index (χ2n) is 10.5. The van der Waals surface area contributed by atoms with Gasteiger partial charge in [0.05, 0.1) is 23.1 Å². The van der Waals surface area contributed by atoms with Gasteiger partial charge < -0.3 is 30.0 Å². The molecule has 1 aromatic carbocycles. The van der Waals surface area contributed by atoms with E-state index in [0.29, 0.717) is 0 Å². The summed E-state index contributed by atoms with van der Waals surface area (Å²) in [6.07, 6.45) is 3.18. The Morgan fingerprint density at radius 3 is 2.48 bits per heavy atom. The van der Waals surface area contributed by atoms with Gasteiger partial charge in [-0.3, -0.25) is 19.3 Å². The molecule has 0 aliphatic rings. The molecule has 3 amide bonds. The van der Waals surface area contributed by atoms with Crippen molar-refractivity contribution in [3.63, 3.8) is 0 Å². The van der Waals surface area contributed by atoms with E-state index in [9.17, 15) is 38.2 Å². The maximum Gasteiger partial charge on any atom is 0.407 e. The second kappa shape index (κ2) is 12.5. The van der Waals surface area contributed by atoms with E-state index in [-0.39, 0.29) is 47.8 Å². The number of fused-ring (bicyclic) bond motifs is 1. The number of imidazole rings is 1. The lowest BCUT2D eigenvalue weighted by atomic mass is 9.92. The van der Waals surface area contributed by atoms with Crippen molar-refractivity contribution in [2.45, 2.75) is 50.8 Å². The van der Waals surface area contributed by atoms with Crippen LogP contribution >= 0.6 is 0 Å². The van der Waals surface area contributed by atoms with Gasteiger partial charge in [-0.25, -0.2) is 9.78 Å². The first-order valence-corrected chi connectivity index (χ1v) is 13.0. The van der Waals surface area contributed by atoms with E-state index in [1.54, 1.807) is 20.2 Å². The number of carbonyl (C=O) groups excluding carboxylic acids is 2. The van der Waals surface area contributed by atoms with Gasteiger partial charge in [0.1, 0.15) is 23.2 Å². The van der Waals surface area contributed by atoms with Crippen molar-refractivity contribution in [1.82, 2.24) is 24.3 Å². The summed E-state index contributed by atoms with van der Waals surface area (Å²) in [7, 11) is 4.38. The van der Waals surface area contributed by atoms with Crippen molar-refractivity contribution in [2.24, 2.45) is 0 Å². The number of nitrogens with one attached hydrogen (secondary N) is 2. The van der Waals surface area contributed by atoms with Crippen LogP contribution in [-0.2, 0) is 22.1 Å². The number of carboxylic acid groups (broad SMARTS) is 1. The summed E-state index contributed by atoms with van der Waals surface area (Å²) in [4.78, 5) is 58.9. The molecule has 0 saturated heterocycles. The molecule has 2 aromatic heterocycles. The van der Waals surface area contributed by atoms with Crippen LogP contribution < -0.4 is 10.9 Å². The number of H-pyrrole nitrogens is 1. The second-order valence-corrected chi connectivity index (χ2v) is 10.5. The van der Waals surface area contributed by atoms with E-state index in [0.717, 1.165) is 18.7 Å². The van der Waals surface area contributed by atoms with Gasteiger partial charge in [0.25, 0.3) is 5.56 Å². The quantitative estimate of drug-likeness (QED) is 0.251. The van der Waals surface area contributed by atoms with Crippen molar-refractivity contribution in [1.29, 1.82) is 0 Å². The molecule has 12 nitrogen and oxygen atoms in total. The predicted octanol–water partition coefficient (Wildman–Crippen LogP) is 2.98. The van der Waals surface area contributed by atoms with Crippen molar-refractivity contribution in [3.8, 4) is 0 Å². The number of nitrogens with zero attached hydrogens (tertiary/aromatic N) is 4. The number of likely N-dealkylation sites (N-methyl/N-ethyl adjacent to an activating group) is 2. The van der Waals surface area contributed by atoms with E-state index in [4.69, 9.17) is 0 Å². The molecule has 2 heterocycles. The Labute approximate surface area is 240 Å².